The highest BCUT2D eigenvalue weighted by molar-refractivity contribution is 6.46. The molecule has 0 aromatic rings. The van der Waals surface area contributed by atoms with Crippen LogP contribution < -0.4 is 5.32 Å². The van der Waals surface area contributed by atoms with E-state index in [4.69, 9.17) is 11.6 Å². The molecule has 0 saturated carbocycles. The number of carbonyl (C=O) groups excluding carboxylic acids is 2. The number of nitrogens with one attached hydrogen (secondary N) is 1. The van der Waals surface area contributed by atoms with Crippen LogP contribution in [0, 0.1) is 11.8 Å². The smallest absolute Gasteiger partial charge is 0.188 e. The standard InChI is InChI=1S/C13H14ClNO2/c1-2-7-15-11-10(14)12(16)8-5-3-4-6-9(8)13(11)17/h3-6,8-9,15H,2,7H2,1H3. The SMILES string of the molecule is CCCNC1=C(Cl)C(=O)C2C=CC=CC2C1=O. The van der Waals surface area contributed by atoms with Crippen molar-refractivity contribution < 1.29 is 9.59 Å². The molecule has 2 rings (SSSR count). The van der Waals surface area contributed by atoms with Crippen molar-refractivity contribution in [3.8, 4) is 0 Å². The predicted octanol–water partition coefficient (Wildman–Crippen LogP) is 1.95. The lowest BCUT2D eigenvalue weighted by Crippen LogP contribution is -2.40. The summed E-state index contributed by atoms with van der Waals surface area (Å²) in [6.45, 7) is 2.63. The molecule has 0 spiro atoms. The molecule has 0 aromatic carbocycles. The predicted molar refractivity (Wildman–Crippen MR) is 66.4 cm³/mol. The van der Waals surface area contributed by atoms with Gasteiger partial charge in [-0.15, -0.1) is 0 Å². The first-order valence-corrected chi connectivity index (χ1v) is 6.11. The largest absolute Gasteiger partial charge is 0.381 e. The molecule has 0 radical (unpaired) electrons. The molecule has 0 saturated heterocycles. The third-order valence-electron chi connectivity index (χ3n) is 2.97. The molecule has 4 heteroatoms. The van der Waals surface area contributed by atoms with Gasteiger partial charge in [0.25, 0.3) is 0 Å². The summed E-state index contributed by atoms with van der Waals surface area (Å²) in [7, 11) is 0. The van der Waals surface area contributed by atoms with Crippen molar-refractivity contribution in [1.82, 2.24) is 5.32 Å². The molecule has 0 fully saturated rings. The van der Waals surface area contributed by atoms with E-state index >= 15 is 0 Å². The Hall–Kier alpha value is -1.35. The lowest BCUT2D eigenvalue weighted by atomic mass is 9.77. The zero-order valence-electron chi connectivity index (χ0n) is 9.57. The van der Waals surface area contributed by atoms with Crippen LogP contribution in [0.3, 0.4) is 0 Å². The zero-order chi connectivity index (χ0) is 12.4. The highest BCUT2D eigenvalue weighted by Crippen LogP contribution is 2.33. The summed E-state index contributed by atoms with van der Waals surface area (Å²) in [4.78, 5) is 24.2. The van der Waals surface area contributed by atoms with Gasteiger partial charge in [0.2, 0.25) is 0 Å². The second-order valence-corrected chi connectivity index (χ2v) is 4.54. The van der Waals surface area contributed by atoms with Crippen molar-refractivity contribution in [1.29, 1.82) is 0 Å². The summed E-state index contributed by atoms with van der Waals surface area (Å²) in [6.07, 6.45) is 7.95. The molecule has 90 valence electrons. The molecule has 0 amide bonds. The summed E-state index contributed by atoms with van der Waals surface area (Å²) >= 11 is 5.97. The summed E-state index contributed by atoms with van der Waals surface area (Å²) in [5.74, 6) is -1.08. The average molecular weight is 252 g/mol. The third kappa shape index (κ3) is 2.07. The van der Waals surface area contributed by atoms with E-state index in [0.29, 0.717) is 6.54 Å². The van der Waals surface area contributed by atoms with Crippen molar-refractivity contribution in [3.05, 3.63) is 35.0 Å². The molecule has 2 atom stereocenters. The Morgan fingerprint density at radius 2 is 1.76 bits per heavy atom. The lowest BCUT2D eigenvalue weighted by molar-refractivity contribution is -0.127. The summed E-state index contributed by atoms with van der Waals surface area (Å²) in [5.41, 5.74) is 0.278. The van der Waals surface area contributed by atoms with E-state index in [1.165, 1.54) is 0 Å². The fourth-order valence-electron chi connectivity index (χ4n) is 2.07. The van der Waals surface area contributed by atoms with Crippen molar-refractivity contribution >= 4 is 23.2 Å². The Labute approximate surface area is 105 Å². The highest BCUT2D eigenvalue weighted by Gasteiger charge is 2.40. The van der Waals surface area contributed by atoms with Crippen LogP contribution in [0.5, 0.6) is 0 Å². The molecule has 0 aromatic heterocycles. The van der Waals surface area contributed by atoms with Gasteiger partial charge in [0, 0.05) is 6.54 Å². The molecule has 0 heterocycles. The summed E-state index contributed by atoms with van der Waals surface area (Å²) in [6, 6.07) is 0. The maximum Gasteiger partial charge on any atom is 0.188 e. The first kappa shape index (κ1) is 12.1. The van der Waals surface area contributed by atoms with Crippen LogP contribution in [0.1, 0.15) is 13.3 Å². The normalized spacial score (nSPS) is 27.4. The third-order valence-corrected chi connectivity index (χ3v) is 3.35. The van der Waals surface area contributed by atoms with Gasteiger partial charge in [-0.05, 0) is 6.42 Å². The molecule has 2 unspecified atom stereocenters. The molecule has 0 aliphatic heterocycles. The molecule has 3 nitrogen and oxygen atoms in total. The number of allylic oxidation sites excluding steroid dienone is 6. The monoisotopic (exact) mass is 251 g/mol. The Morgan fingerprint density at radius 3 is 2.35 bits per heavy atom. The molecule has 0 bridgehead atoms. The van der Waals surface area contributed by atoms with Crippen LogP contribution in [-0.4, -0.2) is 18.1 Å². The van der Waals surface area contributed by atoms with Crippen molar-refractivity contribution in [2.75, 3.05) is 6.54 Å². The van der Waals surface area contributed by atoms with Gasteiger partial charge >= 0.3 is 0 Å². The van der Waals surface area contributed by atoms with E-state index < -0.39 is 11.8 Å². The van der Waals surface area contributed by atoms with Gasteiger partial charge in [0.05, 0.1) is 11.8 Å². The Kier molecular flexibility index (Phi) is 3.48. The number of fused-ring (bicyclic) bond motifs is 1. The Bertz CT molecular complexity index is 448. The number of hydrogen-bond donors (Lipinski definition) is 1. The van der Waals surface area contributed by atoms with Gasteiger partial charge in [-0.3, -0.25) is 9.59 Å². The van der Waals surface area contributed by atoms with E-state index in [-0.39, 0.29) is 22.3 Å². The highest BCUT2D eigenvalue weighted by atomic mass is 35.5. The van der Waals surface area contributed by atoms with Gasteiger partial charge < -0.3 is 5.32 Å². The van der Waals surface area contributed by atoms with E-state index in [2.05, 4.69) is 5.32 Å². The minimum atomic E-state index is -0.424. The quantitative estimate of drug-likeness (QED) is 0.834. The van der Waals surface area contributed by atoms with Gasteiger partial charge in [0.1, 0.15) is 10.7 Å². The van der Waals surface area contributed by atoms with E-state index in [0.717, 1.165) is 6.42 Å². The maximum absolute atomic E-state index is 12.2. The Morgan fingerprint density at radius 1 is 1.18 bits per heavy atom. The maximum atomic E-state index is 12.2. The van der Waals surface area contributed by atoms with Crippen LogP contribution in [0.2, 0.25) is 0 Å². The number of carbonyl (C=O) groups is 2. The van der Waals surface area contributed by atoms with Crippen molar-refractivity contribution in [3.63, 3.8) is 0 Å². The fraction of sp³-hybridized carbons (Fsp3) is 0.385. The van der Waals surface area contributed by atoms with E-state index in [1.807, 2.05) is 6.92 Å². The minimum absolute atomic E-state index is 0.0460. The molecule has 2 aliphatic carbocycles. The first-order valence-electron chi connectivity index (χ1n) is 5.74. The second kappa shape index (κ2) is 4.88. The topological polar surface area (TPSA) is 46.2 Å². The molecule has 2 aliphatic rings. The van der Waals surface area contributed by atoms with Crippen LogP contribution in [-0.2, 0) is 9.59 Å². The van der Waals surface area contributed by atoms with Crippen LogP contribution in [0.4, 0.5) is 0 Å². The van der Waals surface area contributed by atoms with Gasteiger partial charge in [-0.2, -0.15) is 0 Å². The van der Waals surface area contributed by atoms with Gasteiger partial charge in [-0.1, -0.05) is 42.8 Å². The van der Waals surface area contributed by atoms with E-state index in [9.17, 15) is 9.59 Å². The zero-order valence-corrected chi connectivity index (χ0v) is 10.3. The minimum Gasteiger partial charge on any atom is -0.381 e. The fourth-order valence-corrected chi connectivity index (χ4v) is 2.35. The Balaban J connectivity index is 2.35. The van der Waals surface area contributed by atoms with Crippen molar-refractivity contribution in [2.45, 2.75) is 13.3 Å². The summed E-state index contributed by atoms with van der Waals surface area (Å²) in [5, 5.41) is 3.00. The van der Waals surface area contributed by atoms with Crippen LogP contribution in [0.25, 0.3) is 0 Å². The average Bonchev–Trinajstić information content (AvgIpc) is 2.36. The lowest BCUT2D eigenvalue weighted by Gasteiger charge is -2.28. The van der Waals surface area contributed by atoms with Gasteiger partial charge in [0.15, 0.2) is 11.6 Å². The van der Waals surface area contributed by atoms with Crippen LogP contribution >= 0.6 is 11.6 Å². The molecular weight excluding hydrogens is 238 g/mol. The van der Waals surface area contributed by atoms with Gasteiger partial charge in [-0.25, -0.2) is 0 Å². The molecular formula is C13H14ClNO2. The summed E-state index contributed by atoms with van der Waals surface area (Å²) < 4.78 is 0. The van der Waals surface area contributed by atoms with Crippen molar-refractivity contribution in [2.24, 2.45) is 11.8 Å². The number of Topliss-reactive ketones (excluding diaryl/α,β-unsaturated/α-hetero) is 2. The van der Waals surface area contributed by atoms with Crippen LogP contribution in [0.15, 0.2) is 35.0 Å². The number of ketones is 2. The number of halogens is 1. The second-order valence-electron chi connectivity index (χ2n) is 4.17. The molecule has 17 heavy (non-hydrogen) atoms. The van der Waals surface area contributed by atoms with E-state index in [1.54, 1.807) is 24.3 Å². The molecule has 1 N–H and O–H groups in total. The number of hydrogen-bond acceptors (Lipinski definition) is 3. The number of rotatable bonds is 3. The first-order chi connectivity index (χ1) is 8.16.